The number of nitrogens with zero attached hydrogens (tertiary/aromatic N) is 3. The predicted molar refractivity (Wildman–Crippen MR) is 106 cm³/mol. The Bertz CT molecular complexity index is 900. The van der Waals surface area contributed by atoms with Crippen LogP contribution in [0, 0.1) is 6.92 Å². The molecule has 1 saturated heterocycles. The molecule has 0 saturated carbocycles. The summed E-state index contributed by atoms with van der Waals surface area (Å²) in [4.78, 5) is 34.2. The quantitative estimate of drug-likeness (QED) is 0.840. The number of pyridine rings is 1. The zero-order valence-electron chi connectivity index (χ0n) is 16.3. The lowest BCUT2D eigenvalue weighted by Gasteiger charge is -2.25. The summed E-state index contributed by atoms with van der Waals surface area (Å²) in [6.45, 7) is 3.80. The van der Waals surface area contributed by atoms with E-state index in [4.69, 9.17) is 4.98 Å². The van der Waals surface area contributed by atoms with Gasteiger partial charge in [0.15, 0.2) is 0 Å². The second-order valence-electron chi connectivity index (χ2n) is 7.89. The monoisotopic (exact) mass is 365 g/mol. The summed E-state index contributed by atoms with van der Waals surface area (Å²) >= 11 is 0. The number of carbonyl (C=O) groups is 2. The Hall–Kier alpha value is -2.43. The average molecular weight is 365 g/mol. The zero-order chi connectivity index (χ0) is 19.0. The third-order valence-corrected chi connectivity index (χ3v) is 5.81. The number of likely N-dealkylation sites (tertiary alicyclic amines) is 1. The van der Waals surface area contributed by atoms with Gasteiger partial charge >= 0.3 is 0 Å². The molecule has 0 N–H and O–H groups in total. The van der Waals surface area contributed by atoms with Crippen LogP contribution in [0.25, 0.3) is 10.9 Å². The fraction of sp³-hybridized carbons (Fsp3) is 0.500. The van der Waals surface area contributed by atoms with Gasteiger partial charge in [-0.2, -0.15) is 0 Å². The highest BCUT2D eigenvalue weighted by molar-refractivity contribution is 6.08. The molecule has 2 aromatic rings. The molecule has 1 aromatic heterocycles. The Morgan fingerprint density at radius 2 is 1.85 bits per heavy atom. The van der Waals surface area contributed by atoms with E-state index in [-0.39, 0.29) is 18.4 Å². The number of rotatable bonds is 3. The van der Waals surface area contributed by atoms with Crippen molar-refractivity contribution in [2.75, 3.05) is 26.7 Å². The molecule has 5 nitrogen and oxygen atoms in total. The lowest BCUT2D eigenvalue weighted by molar-refractivity contribution is -0.130. The summed E-state index contributed by atoms with van der Waals surface area (Å²) in [6.07, 6.45) is 6.14. The predicted octanol–water partition coefficient (Wildman–Crippen LogP) is 3.12. The lowest BCUT2D eigenvalue weighted by atomic mass is 9.89. The Balaban J connectivity index is 1.71. The van der Waals surface area contributed by atoms with Gasteiger partial charge in [-0.05, 0) is 63.1 Å². The van der Waals surface area contributed by atoms with Crippen LogP contribution >= 0.6 is 0 Å². The molecule has 2 aliphatic rings. The zero-order valence-corrected chi connectivity index (χ0v) is 16.3. The van der Waals surface area contributed by atoms with Crippen LogP contribution in [0.2, 0.25) is 0 Å². The highest BCUT2D eigenvalue weighted by Gasteiger charge is 2.27. The largest absolute Gasteiger partial charge is 0.341 e. The molecule has 0 spiro atoms. The van der Waals surface area contributed by atoms with Gasteiger partial charge in [0.1, 0.15) is 0 Å². The molecular weight excluding hydrogens is 338 g/mol. The highest BCUT2D eigenvalue weighted by atomic mass is 16.2. The maximum Gasteiger partial charge on any atom is 0.255 e. The maximum atomic E-state index is 13.4. The lowest BCUT2D eigenvalue weighted by Crippen LogP contribution is -2.40. The van der Waals surface area contributed by atoms with Crippen molar-refractivity contribution in [2.24, 2.45) is 0 Å². The molecule has 1 aliphatic heterocycles. The van der Waals surface area contributed by atoms with Gasteiger partial charge in [-0.25, -0.2) is 0 Å². The van der Waals surface area contributed by atoms with Crippen LogP contribution in [-0.4, -0.2) is 53.3 Å². The number of benzene rings is 1. The molecule has 2 amide bonds. The Kier molecular flexibility index (Phi) is 4.85. The van der Waals surface area contributed by atoms with Gasteiger partial charge in [-0.3, -0.25) is 14.6 Å². The smallest absolute Gasteiger partial charge is 0.255 e. The van der Waals surface area contributed by atoms with Gasteiger partial charge in [-0.15, -0.1) is 0 Å². The fourth-order valence-corrected chi connectivity index (χ4v) is 4.31. The average Bonchev–Trinajstić information content (AvgIpc) is 3.20. The first-order valence-corrected chi connectivity index (χ1v) is 10.00. The molecule has 5 heteroatoms. The SMILES string of the molecule is Cc1ccc2nc3c(c(C(=O)N(C)CC(=O)N4CCCC4)c2c1)CCCC3. The number of carbonyl (C=O) groups excluding carboxylic acids is 2. The summed E-state index contributed by atoms with van der Waals surface area (Å²) in [6, 6.07) is 6.10. The third-order valence-electron chi connectivity index (χ3n) is 5.81. The van der Waals surface area contributed by atoms with E-state index in [0.717, 1.165) is 84.9 Å². The molecule has 142 valence electrons. The van der Waals surface area contributed by atoms with Crippen LogP contribution in [0.1, 0.15) is 52.9 Å². The topological polar surface area (TPSA) is 53.5 Å². The van der Waals surface area contributed by atoms with Gasteiger partial charge in [0.25, 0.3) is 5.91 Å². The number of amides is 2. The molecule has 1 aromatic carbocycles. The number of aryl methyl sites for hydroxylation is 2. The minimum absolute atomic E-state index is 0.0479. The first-order valence-electron chi connectivity index (χ1n) is 10.00. The Morgan fingerprint density at radius 1 is 1.11 bits per heavy atom. The summed E-state index contributed by atoms with van der Waals surface area (Å²) in [5.41, 5.74) is 4.90. The van der Waals surface area contributed by atoms with Crippen LogP contribution in [0.3, 0.4) is 0 Å². The first-order chi connectivity index (χ1) is 13.0. The van der Waals surface area contributed by atoms with Crippen molar-refractivity contribution in [1.29, 1.82) is 0 Å². The summed E-state index contributed by atoms with van der Waals surface area (Å²) < 4.78 is 0. The fourth-order valence-electron chi connectivity index (χ4n) is 4.31. The van der Waals surface area contributed by atoms with E-state index in [2.05, 4.69) is 6.07 Å². The van der Waals surface area contributed by atoms with Crippen molar-refractivity contribution in [3.05, 3.63) is 40.6 Å². The number of likely N-dealkylation sites (N-methyl/N-ethyl adjacent to an activating group) is 1. The summed E-state index contributed by atoms with van der Waals surface area (Å²) in [5, 5.41) is 0.918. The van der Waals surface area contributed by atoms with Crippen molar-refractivity contribution >= 4 is 22.7 Å². The van der Waals surface area contributed by atoms with Crippen molar-refractivity contribution < 1.29 is 9.59 Å². The molecule has 1 fully saturated rings. The van der Waals surface area contributed by atoms with Gasteiger partial charge in [0, 0.05) is 31.2 Å². The van der Waals surface area contributed by atoms with Gasteiger partial charge < -0.3 is 9.80 Å². The Morgan fingerprint density at radius 3 is 2.63 bits per heavy atom. The molecular formula is C22H27N3O2. The van der Waals surface area contributed by atoms with E-state index in [1.807, 2.05) is 24.0 Å². The van der Waals surface area contributed by atoms with Crippen molar-refractivity contribution in [1.82, 2.24) is 14.8 Å². The van der Waals surface area contributed by atoms with E-state index in [1.165, 1.54) is 0 Å². The molecule has 1 aliphatic carbocycles. The maximum absolute atomic E-state index is 13.4. The van der Waals surface area contributed by atoms with Crippen LogP contribution < -0.4 is 0 Å². The second kappa shape index (κ2) is 7.29. The Labute approximate surface area is 160 Å². The number of hydrogen-bond acceptors (Lipinski definition) is 3. The number of aromatic nitrogens is 1. The van der Waals surface area contributed by atoms with Crippen LogP contribution in [-0.2, 0) is 17.6 Å². The van der Waals surface area contributed by atoms with E-state index in [1.54, 1.807) is 11.9 Å². The minimum Gasteiger partial charge on any atom is -0.341 e. The van der Waals surface area contributed by atoms with Crippen LogP contribution in [0.5, 0.6) is 0 Å². The molecule has 4 rings (SSSR count). The van der Waals surface area contributed by atoms with Gasteiger partial charge in [0.05, 0.1) is 17.6 Å². The summed E-state index contributed by atoms with van der Waals surface area (Å²) in [7, 11) is 1.74. The molecule has 0 unspecified atom stereocenters. The van der Waals surface area contributed by atoms with Gasteiger partial charge in [-0.1, -0.05) is 11.6 Å². The number of fused-ring (bicyclic) bond motifs is 2. The number of hydrogen-bond donors (Lipinski definition) is 0. The van der Waals surface area contributed by atoms with E-state index < -0.39 is 0 Å². The normalized spacial score (nSPS) is 16.4. The highest BCUT2D eigenvalue weighted by Crippen LogP contribution is 2.30. The molecule has 0 atom stereocenters. The van der Waals surface area contributed by atoms with Crippen LogP contribution in [0.4, 0.5) is 0 Å². The van der Waals surface area contributed by atoms with E-state index in [0.29, 0.717) is 0 Å². The van der Waals surface area contributed by atoms with Crippen molar-refractivity contribution in [3.63, 3.8) is 0 Å². The third kappa shape index (κ3) is 3.43. The standard InChI is InChI=1S/C22H27N3O2/c1-15-9-10-19-17(13-15)21(16-7-3-4-8-18(16)23-19)22(27)24(2)14-20(26)25-11-5-6-12-25/h9-10,13H,3-8,11-12,14H2,1-2H3. The molecule has 0 bridgehead atoms. The molecule has 27 heavy (non-hydrogen) atoms. The van der Waals surface area contributed by atoms with Gasteiger partial charge in [0.2, 0.25) is 5.91 Å². The van der Waals surface area contributed by atoms with Crippen molar-refractivity contribution in [3.8, 4) is 0 Å². The molecule has 0 radical (unpaired) electrons. The first kappa shape index (κ1) is 18.0. The van der Waals surface area contributed by atoms with Crippen LogP contribution in [0.15, 0.2) is 18.2 Å². The van der Waals surface area contributed by atoms with E-state index >= 15 is 0 Å². The summed E-state index contributed by atoms with van der Waals surface area (Å²) in [5.74, 6) is -0.00884. The second-order valence-corrected chi connectivity index (χ2v) is 7.89. The van der Waals surface area contributed by atoms with E-state index in [9.17, 15) is 9.59 Å². The minimum atomic E-state index is -0.0568. The van der Waals surface area contributed by atoms with Crippen molar-refractivity contribution in [2.45, 2.75) is 45.4 Å². The molecule has 2 heterocycles.